The van der Waals surface area contributed by atoms with Gasteiger partial charge in [-0.15, -0.1) is 10.2 Å². The summed E-state index contributed by atoms with van der Waals surface area (Å²) in [5, 5.41) is 13.5. The number of aryl methyl sites for hydroxylation is 1. The molecule has 0 saturated carbocycles. The second-order valence-electron chi connectivity index (χ2n) is 4.09. The molecule has 0 aliphatic carbocycles. The SMILES string of the molecule is Cn1cnnc1CNc1nccc2ccccc12. The summed E-state index contributed by atoms with van der Waals surface area (Å²) in [6.45, 7) is 0.609. The zero-order valence-corrected chi connectivity index (χ0v) is 10.0. The van der Waals surface area contributed by atoms with Crippen LogP contribution in [-0.4, -0.2) is 19.7 Å². The van der Waals surface area contributed by atoms with Crippen LogP contribution in [0.15, 0.2) is 42.9 Å². The Morgan fingerprint density at radius 3 is 2.94 bits per heavy atom. The van der Waals surface area contributed by atoms with Gasteiger partial charge in [-0.2, -0.15) is 0 Å². The van der Waals surface area contributed by atoms with Crippen LogP contribution >= 0.6 is 0 Å². The average molecular weight is 239 g/mol. The van der Waals surface area contributed by atoms with Crippen molar-refractivity contribution in [2.75, 3.05) is 5.32 Å². The molecule has 5 heteroatoms. The van der Waals surface area contributed by atoms with Gasteiger partial charge < -0.3 is 9.88 Å². The van der Waals surface area contributed by atoms with E-state index < -0.39 is 0 Å². The smallest absolute Gasteiger partial charge is 0.151 e. The van der Waals surface area contributed by atoms with Gasteiger partial charge in [0, 0.05) is 18.6 Å². The molecule has 0 radical (unpaired) electrons. The van der Waals surface area contributed by atoms with Gasteiger partial charge in [0.25, 0.3) is 0 Å². The number of pyridine rings is 1. The highest BCUT2D eigenvalue weighted by Crippen LogP contribution is 2.20. The van der Waals surface area contributed by atoms with Crippen LogP contribution in [0.3, 0.4) is 0 Å². The third-order valence-electron chi connectivity index (χ3n) is 2.89. The minimum Gasteiger partial charge on any atom is -0.362 e. The molecule has 0 aliphatic heterocycles. The maximum absolute atomic E-state index is 4.37. The number of anilines is 1. The van der Waals surface area contributed by atoms with Crippen LogP contribution in [0.2, 0.25) is 0 Å². The topological polar surface area (TPSA) is 55.6 Å². The summed E-state index contributed by atoms with van der Waals surface area (Å²) in [4.78, 5) is 4.37. The third-order valence-corrected chi connectivity index (χ3v) is 2.89. The van der Waals surface area contributed by atoms with Crippen LogP contribution in [0.5, 0.6) is 0 Å². The molecule has 3 aromatic rings. The quantitative estimate of drug-likeness (QED) is 0.759. The van der Waals surface area contributed by atoms with Crippen molar-refractivity contribution >= 4 is 16.6 Å². The molecule has 0 spiro atoms. The highest BCUT2D eigenvalue weighted by Gasteiger charge is 2.04. The monoisotopic (exact) mass is 239 g/mol. The number of hydrogen-bond acceptors (Lipinski definition) is 4. The fourth-order valence-electron chi connectivity index (χ4n) is 1.89. The number of nitrogens with zero attached hydrogens (tertiary/aromatic N) is 4. The zero-order valence-electron chi connectivity index (χ0n) is 10.0. The van der Waals surface area contributed by atoms with Crippen LogP contribution in [-0.2, 0) is 13.6 Å². The van der Waals surface area contributed by atoms with E-state index in [0.717, 1.165) is 17.0 Å². The third kappa shape index (κ3) is 1.90. The van der Waals surface area contributed by atoms with Gasteiger partial charge in [0.15, 0.2) is 5.82 Å². The number of benzene rings is 1. The van der Waals surface area contributed by atoms with E-state index in [-0.39, 0.29) is 0 Å². The lowest BCUT2D eigenvalue weighted by Gasteiger charge is -2.07. The molecule has 3 rings (SSSR count). The summed E-state index contributed by atoms with van der Waals surface area (Å²) >= 11 is 0. The van der Waals surface area contributed by atoms with Crippen LogP contribution in [0.25, 0.3) is 10.8 Å². The predicted molar refractivity (Wildman–Crippen MR) is 70.1 cm³/mol. The molecule has 0 fully saturated rings. The van der Waals surface area contributed by atoms with Crippen molar-refractivity contribution in [1.29, 1.82) is 0 Å². The fraction of sp³-hybridized carbons (Fsp3) is 0.154. The van der Waals surface area contributed by atoms with Gasteiger partial charge in [-0.1, -0.05) is 24.3 Å². The fourth-order valence-corrected chi connectivity index (χ4v) is 1.89. The molecular formula is C13H13N5. The lowest BCUT2D eigenvalue weighted by Crippen LogP contribution is -2.07. The molecule has 0 bridgehead atoms. The Balaban J connectivity index is 1.89. The predicted octanol–water partition coefficient (Wildman–Crippen LogP) is 1.98. The molecule has 5 nitrogen and oxygen atoms in total. The van der Waals surface area contributed by atoms with Crippen molar-refractivity contribution in [2.45, 2.75) is 6.54 Å². The summed E-state index contributed by atoms with van der Waals surface area (Å²) < 4.78 is 1.89. The standard InChI is InChI=1S/C13H13N5/c1-18-9-16-17-12(18)8-15-13-11-5-3-2-4-10(11)6-7-14-13/h2-7,9H,8H2,1H3,(H,14,15). The molecule has 18 heavy (non-hydrogen) atoms. The van der Waals surface area contributed by atoms with Gasteiger partial charge in [-0.05, 0) is 11.5 Å². The molecule has 0 atom stereocenters. The first kappa shape index (κ1) is 10.7. The van der Waals surface area contributed by atoms with E-state index in [0.29, 0.717) is 6.54 Å². The Hall–Kier alpha value is -2.43. The maximum atomic E-state index is 4.37. The molecule has 2 heterocycles. The van der Waals surface area contributed by atoms with E-state index in [9.17, 15) is 0 Å². The first-order valence-corrected chi connectivity index (χ1v) is 5.75. The first-order chi connectivity index (χ1) is 8.84. The van der Waals surface area contributed by atoms with Gasteiger partial charge in [-0.25, -0.2) is 4.98 Å². The molecule has 0 saturated heterocycles. The Labute approximate surface area is 104 Å². The maximum Gasteiger partial charge on any atom is 0.151 e. The van der Waals surface area contributed by atoms with Gasteiger partial charge in [-0.3, -0.25) is 0 Å². The number of rotatable bonds is 3. The van der Waals surface area contributed by atoms with Gasteiger partial charge in [0.1, 0.15) is 12.1 Å². The highest BCUT2D eigenvalue weighted by molar-refractivity contribution is 5.91. The Bertz CT molecular complexity index is 668. The van der Waals surface area contributed by atoms with Crippen LogP contribution in [0, 0.1) is 0 Å². The van der Waals surface area contributed by atoms with Crippen molar-refractivity contribution in [3.05, 3.63) is 48.7 Å². The minimum atomic E-state index is 0.609. The van der Waals surface area contributed by atoms with E-state index >= 15 is 0 Å². The normalized spacial score (nSPS) is 10.7. The molecule has 1 N–H and O–H groups in total. The van der Waals surface area contributed by atoms with E-state index in [4.69, 9.17) is 0 Å². The summed E-state index contributed by atoms with van der Waals surface area (Å²) in [5.74, 6) is 1.75. The Kier molecular flexibility index (Phi) is 2.64. The van der Waals surface area contributed by atoms with Crippen molar-refractivity contribution < 1.29 is 0 Å². The molecule has 0 amide bonds. The summed E-state index contributed by atoms with van der Waals surface area (Å²) in [6, 6.07) is 10.2. The van der Waals surface area contributed by atoms with Crippen molar-refractivity contribution in [1.82, 2.24) is 19.7 Å². The molecule has 2 aromatic heterocycles. The molecule has 0 aliphatic rings. The summed E-state index contributed by atoms with van der Waals surface area (Å²) in [7, 11) is 1.92. The number of nitrogens with one attached hydrogen (secondary N) is 1. The van der Waals surface area contributed by atoms with E-state index in [1.165, 1.54) is 5.39 Å². The Morgan fingerprint density at radius 1 is 1.22 bits per heavy atom. The molecule has 0 unspecified atom stereocenters. The van der Waals surface area contributed by atoms with E-state index in [2.05, 4.69) is 32.6 Å². The van der Waals surface area contributed by atoms with Gasteiger partial charge >= 0.3 is 0 Å². The van der Waals surface area contributed by atoms with Crippen LogP contribution < -0.4 is 5.32 Å². The lowest BCUT2D eigenvalue weighted by molar-refractivity contribution is 0.811. The van der Waals surface area contributed by atoms with Crippen LogP contribution in [0.1, 0.15) is 5.82 Å². The first-order valence-electron chi connectivity index (χ1n) is 5.75. The average Bonchev–Trinajstić information content (AvgIpc) is 2.82. The number of aromatic nitrogens is 4. The zero-order chi connectivity index (χ0) is 12.4. The summed E-state index contributed by atoms with van der Waals surface area (Å²) in [5.41, 5.74) is 0. The second kappa shape index (κ2) is 4.44. The molecular weight excluding hydrogens is 226 g/mol. The van der Waals surface area contributed by atoms with Crippen molar-refractivity contribution in [3.8, 4) is 0 Å². The van der Waals surface area contributed by atoms with E-state index in [1.807, 2.05) is 29.8 Å². The molecule has 1 aromatic carbocycles. The summed E-state index contributed by atoms with van der Waals surface area (Å²) in [6.07, 6.45) is 3.49. The van der Waals surface area contributed by atoms with Gasteiger partial charge in [0.2, 0.25) is 0 Å². The number of hydrogen-bond donors (Lipinski definition) is 1. The second-order valence-corrected chi connectivity index (χ2v) is 4.09. The number of fused-ring (bicyclic) bond motifs is 1. The lowest BCUT2D eigenvalue weighted by atomic mass is 10.1. The Morgan fingerprint density at radius 2 is 2.11 bits per heavy atom. The molecule has 90 valence electrons. The minimum absolute atomic E-state index is 0.609. The highest BCUT2D eigenvalue weighted by atomic mass is 15.3. The van der Waals surface area contributed by atoms with Crippen LogP contribution in [0.4, 0.5) is 5.82 Å². The van der Waals surface area contributed by atoms with E-state index in [1.54, 1.807) is 12.5 Å². The van der Waals surface area contributed by atoms with Crippen molar-refractivity contribution in [2.24, 2.45) is 7.05 Å². The van der Waals surface area contributed by atoms with Crippen molar-refractivity contribution in [3.63, 3.8) is 0 Å². The van der Waals surface area contributed by atoms with Gasteiger partial charge in [0.05, 0.1) is 6.54 Å². The largest absolute Gasteiger partial charge is 0.362 e.